The number of carbonyl (C=O) groups excluding carboxylic acids is 1. The van der Waals surface area contributed by atoms with Gasteiger partial charge in [-0.25, -0.2) is 26.1 Å². The molecule has 35 heavy (non-hydrogen) atoms. The Bertz CT molecular complexity index is 1420. The number of amides is 1. The first-order valence-corrected chi connectivity index (χ1v) is 15.7. The van der Waals surface area contributed by atoms with E-state index in [-0.39, 0.29) is 24.9 Å². The van der Waals surface area contributed by atoms with Crippen molar-refractivity contribution in [1.29, 1.82) is 0 Å². The number of hydrogen-bond acceptors (Lipinski definition) is 7. The number of carbonyl (C=O) groups is 1. The molecule has 0 bridgehead atoms. The topological polar surface area (TPSA) is 114 Å². The van der Waals surface area contributed by atoms with Crippen LogP contribution in [0.5, 0.6) is 0 Å². The molecule has 0 unspecified atom stereocenters. The maximum absolute atomic E-state index is 13.0. The van der Waals surface area contributed by atoms with Crippen molar-refractivity contribution >= 4 is 42.8 Å². The highest BCUT2D eigenvalue weighted by Crippen LogP contribution is 2.32. The van der Waals surface area contributed by atoms with Gasteiger partial charge < -0.3 is 5.32 Å². The number of nitrogens with zero attached hydrogens (tertiary/aromatic N) is 2. The van der Waals surface area contributed by atoms with Crippen LogP contribution >= 0.6 is 11.3 Å². The number of para-hydroxylation sites is 1. The highest BCUT2D eigenvalue weighted by Gasteiger charge is 2.32. The summed E-state index contributed by atoms with van der Waals surface area (Å²) in [7, 11) is -7.49. The number of sulfone groups is 1. The number of sulfonamides is 1. The molecule has 2 heterocycles. The molecule has 11 heteroatoms. The number of rotatable bonds is 7. The molecular formula is C24H27N3O5S3. The Labute approximate surface area is 210 Å². The van der Waals surface area contributed by atoms with E-state index in [1.54, 1.807) is 5.38 Å². The van der Waals surface area contributed by atoms with Crippen molar-refractivity contribution in [2.45, 2.75) is 25.7 Å². The standard InChI is InChI=1S/C24H27N3O5S3/c1-17-7-9-18(10-8-17)20-5-3-4-6-21(20)25-23(28)22-15-33-24(26-22)19-11-13-27(14-12-19)35(31,32)16-34(2,29)30/h3-10,15,19H,11-14,16H2,1-2H3,(H,25,28). The second-order valence-electron chi connectivity index (χ2n) is 8.77. The van der Waals surface area contributed by atoms with Crippen molar-refractivity contribution < 1.29 is 21.6 Å². The maximum Gasteiger partial charge on any atom is 0.275 e. The van der Waals surface area contributed by atoms with Gasteiger partial charge in [0.15, 0.2) is 14.9 Å². The van der Waals surface area contributed by atoms with E-state index in [1.165, 1.54) is 15.6 Å². The first-order chi connectivity index (χ1) is 16.5. The molecule has 186 valence electrons. The molecule has 0 spiro atoms. The summed E-state index contributed by atoms with van der Waals surface area (Å²) < 4.78 is 48.8. The molecule has 1 fully saturated rings. The predicted molar refractivity (Wildman–Crippen MR) is 139 cm³/mol. The lowest BCUT2D eigenvalue weighted by Gasteiger charge is -2.30. The smallest absolute Gasteiger partial charge is 0.275 e. The molecule has 8 nitrogen and oxygen atoms in total. The third kappa shape index (κ3) is 6.35. The Morgan fingerprint density at radius 3 is 2.37 bits per heavy atom. The minimum absolute atomic E-state index is 0.0195. The Morgan fingerprint density at radius 1 is 1.06 bits per heavy atom. The summed E-state index contributed by atoms with van der Waals surface area (Å²) in [5, 5.41) is 4.58. The molecule has 0 radical (unpaired) electrons. The normalized spacial score (nSPS) is 15.7. The predicted octanol–water partition coefficient (Wildman–Crippen LogP) is 3.88. The van der Waals surface area contributed by atoms with Gasteiger partial charge in [-0.2, -0.15) is 0 Å². The van der Waals surface area contributed by atoms with Crippen LogP contribution in [0.1, 0.15) is 39.8 Å². The van der Waals surface area contributed by atoms with E-state index in [4.69, 9.17) is 0 Å². The summed E-state index contributed by atoms with van der Waals surface area (Å²) in [4.78, 5) is 17.5. The molecule has 3 aromatic rings. The van der Waals surface area contributed by atoms with Crippen molar-refractivity contribution in [3.63, 3.8) is 0 Å². The van der Waals surface area contributed by atoms with E-state index in [0.29, 0.717) is 24.2 Å². The van der Waals surface area contributed by atoms with Crippen LogP contribution in [-0.4, -0.2) is 56.5 Å². The van der Waals surface area contributed by atoms with E-state index < -0.39 is 24.9 Å². The fraction of sp³-hybridized carbons (Fsp3) is 0.333. The lowest BCUT2D eigenvalue weighted by molar-refractivity contribution is 0.102. The van der Waals surface area contributed by atoms with Gasteiger partial charge in [-0.05, 0) is 31.4 Å². The van der Waals surface area contributed by atoms with E-state index in [0.717, 1.165) is 28.0 Å². The van der Waals surface area contributed by atoms with Crippen LogP contribution < -0.4 is 5.32 Å². The van der Waals surface area contributed by atoms with E-state index >= 15 is 0 Å². The van der Waals surface area contributed by atoms with Crippen molar-refractivity contribution in [3.05, 3.63) is 70.2 Å². The molecular weight excluding hydrogens is 506 g/mol. The zero-order chi connectivity index (χ0) is 25.2. The van der Waals surface area contributed by atoms with Gasteiger partial charge in [0, 0.05) is 41.9 Å². The highest BCUT2D eigenvalue weighted by atomic mass is 32.3. The second-order valence-corrected chi connectivity index (χ2v) is 14.1. The van der Waals surface area contributed by atoms with Crippen molar-refractivity contribution in [2.75, 3.05) is 29.7 Å². The summed E-state index contributed by atoms with van der Waals surface area (Å²) in [6.07, 6.45) is 1.96. The molecule has 2 aromatic carbocycles. The summed E-state index contributed by atoms with van der Waals surface area (Å²) in [5.74, 6) is -0.286. The molecule has 1 amide bonds. The van der Waals surface area contributed by atoms with Gasteiger partial charge in [0.2, 0.25) is 10.0 Å². The quantitative estimate of drug-likeness (QED) is 0.493. The molecule has 4 rings (SSSR count). The van der Waals surface area contributed by atoms with Crippen LogP contribution in [0.25, 0.3) is 11.1 Å². The summed E-state index contributed by atoms with van der Waals surface area (Å²) >= 11 is 1.38. The number of nitrogens with one attached hydrogen (secondary N) is 1. The molecule has 0 atom stereocenters. The third-order valence-corrected chi connectivity index (χ3v) is 10.9. The Balaban J connectivity index is 1.42. The van der Waals surface area contributed by atoms with Gasteiger partial charge in [-0.15, -0.1) is 11.3 Å². The van der Waals surface area contributed by atoms with E-state index in [9.17, 15) is 21.6 Å². The number of benzene rings is 2. The van der Waals surface area contributed by atoms with Gasteiger partial charge in [0.05, 0.1) is 5.01 Å². The Hall–Kier alpha value is -2.60. The lowest BCUT2D eigenvalue weighted by atomic mass is 9.99. The van der Waals surface area contributed by atoms with E-state index in [1.807, 2.05) is 55.5 Å². The van der Waals surface area contributed by atoms with Crippen molar-refractivity contribution in [2.24, 2.45) is 0 Å². The first-order valence-electron chi connectivity index (χ1n) is 11.1. The van der Waals surface area contributed by atoms with Crippen LogP contribution in [0.15, 0.2) is 53.9 Å². The summed E-state index contributed by atoms with van der Waals surface area (Å²) in [5.41, 5.74) is 4.09. The zero-order valence-electron chi connectivity index (χ0n) is 19.5. The summed E-state index contributed by atoms with van der Waals surface area (Å²) in [6, 6.07) is 15.7. The molecule has 1 aromatic heterocycles. The third-order valence-electron chi connectivity index (χ3n) is 5.85. The fourth-order valence-corrected chi connectivity index (χ4v) is 8.57. The minimum atomic E-state index is -3.85. The van der Waals surface area contributed by atoms with Gasteiger partial charge in [-0.1, -0.05) is 48.0 Å². The monoisotopic (exact) mass is 533 g/mol. The molecule has 0 aliphatic carbocycles. The lowest BCUT2D eigenvalue weighted by Crippen LogP contribution is -2.40. The van der Waals surface area contributed by atoms with Crippen molar-refractivity contribution in [3.8, 4) is 11.1 Å². The highest BCUT2D eigenvalue weighted by molar-refractivity contribution is 8.06. The number of piperidine rings is 1. The molecule has 1 aliphatic heterocycles. The number of aryl methyl sites for hydroxylation is 1. The Kier molecular flexibility index (Phi) is 7.41. The van der Waals surface area contributed by atoms with Crippen LogP contribution in [0.2, 0.25) is 0 Å². The van der Waals surface area contributed by atoms with Gasteiger partial charge in [0.1, 0.15) is 5.69 Å². The van der Waals surface area contributed by atoms with Gasteiger partial charge >= 0.3 is 0 Å². The number of hydrogen-bond donors (Lipinski definition) is 1. The Morgan fingerprint density at radius 2 is 1.71 bits per heavy atom. The number of aromatic nitrogens is 1. The van der Waals surface area contributed by atoms with Crippen LogP contribution in [0.3, 0.4) is 0 Å². The van der Waals surface area contributed by atoms with Crippen LogP contribution in [0.4, 0.5) is 5.69 Å². The number of anilines is 1. The summed E-state index contributed by atoms with van der Waals surface area (Å²) in [6.45, 7) is 2.48. The SMILES string of the molecule is Cc1ccc(-c2ccccc2NC(=O)c2csc(C3CCN(S(=O)(=O)CS(C)(=O)=O)CC3)n2)cc1. The molecule has 1 saturated heterocycles. The average molecular weight is 534 g/mol. The zero-order valence-corrected chi connectivity index (χ0v) is 21.9. The van der Waals surface area contributed by atoms with Crippen LogP contribution in [-0.2, 0) is 19.9 Å². The van der Waals surface area contributed by atoms with Crippen LogP contribution in [0, 0.1) is 6.92 Å². The first kappa shape index (κ1) is 25.5. The minimum Gasteiger partial charge on any atom is -0.320 e. The maximum atomic E-state index is 13.0. The average Bonchev–Trinajstić information content (AvgIpc) is 3.29. The van der Waals surface area contributed by atoms with Gasteiger partial charge in [0.25, 0.3) is 5.91 Å². The van der Waals surface area contributed by atoms with E-state index in [2.05, 4.69) is 10.3 Å². The second kappa shape index (κ2) is 10.2. The number of thiazole rings is 1. The van der Waals surface area contributed by atoms with Crippen molar-refractivity contribution in [1.82, 2.24) is 9.29 Å². The molecule has 1 aliphatic rings. The largest absolute Gasteiger partial charge is 0.320 e. The molecule has 1 N–H and O–H groups in total. The van der Waals surface area contributed by atoms with Gasteiger partial charge in [-0.3, -0.25) is 4.79 Å². The molecule has 0 saturated carbocycles. The fourth-order valence-electron chi connectivity index (χ4n) is 4.07.